The predicted molar refractivity (Wildman–Crippen MR) is 138 cm³/mol. The number of aromatic nitrogens is 2. The molecule has 2 aromatic carbocycles. The number of nitrogens with one attached hydrogen (secondary N) is 1. The Hall–Kier alpha value is -2.87. The van der Waals surface area contributed by atoms with Crippen LogP contribution in [0.25, 0.3) is 11.3 Å². The van der Waals surface area contributed by atoms with E-state index in [1.807, 2.05) is 50.2 Å². The standard InChI is InChI=1S/C26H28Cl2N4O3/c1-3-20-24(18-11-10-17(27)12-19(18)28)29-21(4-2)25(30-20)31-22-13-32(14-23(22)33)26(34)35-15-16-8-6-5-7-9-16/h5-12,22-23,33H,3-4,13-15H2,1-2H3,(H,30,31). The van der Waals surface area contributed by atoms with Crippen molar-refractivity contribution < 1.29 is 14.6 Å². The number of amides is 1. The van der Waals surface area contributed by atoms with Crippen molar-refractivity contribution in [1.29, 1.82) is 0 Å². The lowest BCUT2D eigenvalue weighted by Crippen LogP contribution is -2.34. The largest absolute Gasteiger partial charge is 0.445 e. The molecule has 1 amide bonds. The van der Waals surface area contributed by atoms with E-state index < -0.39 is 18.2 Å². The van der Waals surface area contributed by atoms with Gasteiger partial charge in [0.1, 0.15) is 12.4 Å². The molecule has 7 nitrogen and oxygen atoms in total. The molecule has 4 rings (SSSR count). The van der Waals surface area contributed by atoms with Crippen molar-refractivity contribution in [2.45, 2.75) is 45.4 Å². The maximum atomic E-state index is 12.6. The van der Waals surface area contributed by atoms with E-state index in [0.29, 0.717) is 35.2 Å². The summed E-state index contributed by atoms with van der Waals surface area (Å²) in [5, 5.41) is 15.0. The molecular weight excluding hydrogens is 487 g/mol. The number of nitrogens with zero attached hydrogens (tertiary/aromatic N) is 3. The van der Waals surface area contributed by atoms with Crippen LogP contribution < -0.4 is 5.32 Å². The minimum atomic E-state index is -0.763. The van der Waals surface area contributed by atoms with E-state index in [1.54, 1.807) is 12.1 Å². The Kier molecular flexibility index (Phi) is 8.11. The van der Waals surface area contributed by atoms with Gasteiger partial charge >= 0.3 is 6.09 Å². The fourth-order valence-electron chi connectivity index (χ4n) is 4.07. The Balaban J connectivity index is 1.49. The molecule has 1 aliphatic heterocycles. The highest BCUT2D eigenvalue weighted by Crippen LogP contribution is 2.33. The number of carbonyl (C=O) groups is 1. The predicted octanol–water partition coefficient (Wildman–Crippen LogP) is 5.37. The number of aryl methyl sites for hydroxylation is 2. The molecule has 35 heavy (non-hydrogen) atoms. The van der Waals surface area contributed by atoms with Crippen LogP contribution in [0.2, 0.25) is 10.0 Å². The van der Waals surface area contributed by atoms with E-state index in [9.17, 15) is 9.90 Å². The molecule has 0 spiro atoms. The molecule has 2 N–H and O–H groups in total. The van der Waals surface area contributed by atoms with Gasteiger partial charge in [0.15, 0.2) is 0 Å². The molecule has 1 aliphatic rings. The van der Waals surface area contributed by atoms with Crippen LogP contribution in [-0.2, 0) is 24.2 Å². The number of β-amino-alcohol motifs (C(OH)–C–C–N with tert-alkyl or cyclic N) is 1. The number of aliphatic hydroxyl groups excluding tert-OH is 1. The molecule has 0 saturated carbocycles. The van der Waals surface area contributed by atoms with Crippen LogP contribution in [0.3, 0.4) is 0 Å². The first-order valence-electron chi connectivity index (χ1n) is 11.6. The molecule has 1 aromatic heterocycles. The molecule has 0 aliphatic carbocycles. The van der Waals surface area contributed by atoms with Gasteiger partial charge in [-0.05, 0) is 36.6 Å². The first kappa shape index (κ1) is 25.2. The quantitative estimate of drug-likeness (QED) is 0.440. The average molecular weight is 515 g/mol. The lowest BCUT2D eigenvalue weighted by molar-refractivity contribution is 0.0971. The highest BCUT2D eigenvalue weighted by molar-refractivity contribution is 6.36. The number of halogens is 2. The molecule has 2 atom stereocenters. The van der Waals surface area contributed by atoms with Crippen molar-refractivity contribution in [3.63, 3.8) is 0 Å². The minimum Gasteiger partial charge on any atom is -0.445 e. The molecule has 0 bridgehead atoms. The highest BCUT2D eigenvalue weighted by atomic mass is 35.5. The summed E-state index contributed by atoms with van der Waals surface area (Å²) in [5.41, 5.74) is 3.93. The van der Waals surface area contributed by atoms with Crippen molar-refractivity contribution >= 4 is 35.1 Å². The molecule has 1 saturated heterocycles. The maximum Gasteiger partial charge on any atom is 0.410 e. The third-order valence-electron chi connectivity index (χ3n) is 5.97. The Bertz CT molecular complexity index is 1190. The molecular formula is C26H28Cl2N4O3. The first-order valence-corrected chi connectivity index (χ1v) is 12.4. The van der Waals surface area contributed by atoms with Gasteiger partial charge in [-0.2, -0.15) is 0 Å². The zero-order valence-corrected chi connectivity index (χ0v) is 21.2. The van der Waals surface area contributed by atoms with E-state index in [-0.39, 0.29) is 13.2 Å². The van der Waals surface area contributed by atoms with Gasteiger partial charge in [-0.15, -0.1) is 0 Å². The SMILES string of the molecule is CCc1nc(-c2ccc(Cl)cc2Cl)c(CC)nc1NC1CN(C(=O)OCc2ccccc2)CC1O. The maximum absolute atomic E-state index is 12.6. The Labute approximate surface area is 215 Å². The number of hydrogen-bond donors (Lipinski definition) is 2. The van der Waals surface area contributed by atoms with Crippen LogP contribution in [0.1, 0.15) is 30.8 Å². The summed E-state index contributed by atoms with van der Waals surface area (Å²) in [6.07, 6.45) is 0.0520. The normalized spacial score (nSPS) is 17.5. The summed E-state index contributed by atoms with van der Waals surface area (Å²) in [6.45, 7) is 4.66. The van der Waals surface area contributed by atoms with Crippen LogP contribution in [0.4, 0.5) is 10.6 Å². The number of benzene rings is 2. The van der Waals surface area contributed by atoms with E-state index in [1.165, 1.54) is 4.90 Å². The summed E-state index contributed by atoms with van der Waals surface area (Å²) in [5.74, 6) is 0.599. The van der Waals surface area contributed by atoms with Gasteiger partial charge in [-0.3, -0.25) is 0 Å². The molecule has 184 valence electrons. The van der Waals surface area contributed by atoms with Gasteiger partial charge in [-0.25, -0.2) is 14.8 Å². The highest BCUT2D eigenvalue weighted by Gasteiger charge is 2.35. The molecule has 2 unspecified atom stereocenters. The molecule has 1 fully saturated rings. The van der Waals surface area contributed by atoms with Gasteiger partial charge in [0.2, 0.25) is 0 Å². The van der Waals surface area contributed by atoms with Crippen molar-refractivity contribution in [2.75, 3.05) is 18.4 Å². The number of rotatable bonds is 7. The second-order valence-corrected chi connectivity index (χ2v) is 9.25. The second-order valence-electron chi connectivity index (χ2n) is 8.41. The zero-order valence-electron chi connectivity index (χ0n) is 19.7. The van der Waals surface area contributed by atoms with Crippen LogP contribution in [0, 0.1) is 0 Å². The average Bonchev–Trinajstić information content (AvgIpc) is 3.23. The molecule has 0 radical (unpaired) electrons. The number of ether oxygens (including phenoxy) is 1. The number of aliphatic hydroxyl groups is 1. The van der Waals surface area contributed by atoms with Crippen molar-refractivity contribution in [3.05, 3.63) is 75.5 Å². The number of hydrogen-bond acceptors (Lipinski definition) is 6. The molecule has 9 heteroatoms. The minimum absolute atomic E-state index is 0.180. The third-order valence-corrected chi connectivity index (χ3v) is 6.52. The van der Waals surface area contributed by atoms with E-state index in [2.05, 4.69) is 5.32 Å². The fraction of sp³-hybridized carbons (Fsp3) is 0.346. The topological polar surface area (TPSA) is 87.6 Å². The Morgan fingerprint density at radius 1 is 1.09 bits per heavy atom. The first-order chi connectivity index (χ1) is 16.9. The van der Waals surface area contributed by atoms with Gasteiger partial charge < -0.3 is 20.1 Å². The lowest BCUT2D eigenvalue weighted by Gasteiger charge is -2.20. The summed E-state index contributed by atoms with van der Waals surface area (Å²) < 4.78 is 5.42. The second kappa shape index (κ2) is 11.2. The van der Waals surface area contributed by atoms with E-state index in [4.69, 9.17) is 37.9 Å². The third kappa shape index (κ3) is 5.86. The van der Waals surface area contributed by atoms with Crippen LogP contribution in [0.15, 0.2) is 48.5 Å². The summed E-state index contributed by atoms with van der Waals surface area (Å²) >= 11 is 12.5. The van der Waals surface area contributed by atoms with Crippen LogP contribution >= 0.6 is 23.2 Å². The van der Waals surface area contributed by atoms with Crippen LogP contribution in [0.5, 0.6) is 0 Å². The van der Waals surface area contributed by atoms with E-state index >= 15 is 0 Å². The number of carbonyl (C=O) groups excluding carboxylic acids is 1. The van der Waals surface area contributed by atoms with Crippen molar-refractivity contribution in [2.24, 2.45) is 0 Å². The summed E-state index contributed by atoms with van der Waals surface area (Å²) in [4.78, 5) is 23.8. The van der Waals surface area contributed by atoms with Crippen LogP contribution in [-0.4, -0.2) is 51.3 Å². The number of likely N-dealkylation sites (tertiary alicyclic amines) is 1. The fourth-order valence-corrected chi connectivity index (χ4v) is 4.57. The van der Waals surface area contributed by atoms with Gasteiger partial charge in [0.25, 0.3) is 0 Å². The summed E-state index contributed by atoms with van der Waals surface area (Å²) in [6, 6.07) is 14.4. The molecule has 3 aromatic rings. The van der Waals surface area contributed by atoms with Gasteiger partial charge in [0.05, 0.1) is 40.8 Å². The zero-order chi connectivity index (χ0) is 24.9. The van der Waals surface area contributed by atoms with Crippen molar-refractivity contribution in [3.8, 4) is 11.3 Å². The lowest BCUT2D eigenvalue weighted by atomic mass is 10.1. The molecule has 2 heterocycles. The monoisotopic (exact) mass is 514 g/mol. The van der Waals surface area contributed by atoms with Gasteiger partial charge in [-0.1, -0.05) is 67.4 Å². The Morgan fingerprint density at radius 3 is 2.51 bits per heavy atom. The smallest absolute Gasteiger partial charge is 0.410 e. The Morgan fingerprint density at radius 2 is 1.83 bits per heavy atom. The van der Waals surface area contributed by atoms with Crippen molar-refractivity contribution in [1.82, 2.24) is 14.9 Å². The van der Waals surface area contributed by atoms with Gasteiger partial charge in [0, 0.05) is 17.1 Å². The number of anilines is 1. The van der Waals surface area contributed by atoms with E-state index in [0.717, 1.165) is 28.2 Å². The summed E-state index contributed by atoms with van der Waals surface area (Å²) in [7, 11) is 0.